The van der Waals surface area contributed by atoms with E-state index in [1.807, 2.05) is 25.9 Å². The number of nitrogens with zero attached hydrogens (tertiary/aromatic N) is 2. The van der Waals surface area contributed by atoms with Gasteiger partial charge in [-0.1, -0.05) is 6.92 Å². The maximum absolute atomic E-state index is 10.4. The van der Waals surface area contributed by atoms with Crippen LogP contribution in [0.5, 0.6) is 0 Å². The Labute approximate surface area is 104 Å². The summed E-state index contributed by atoms with van der Waals surface area (Å²) in [5, 5.41) is 2.59. The quantitative estimate of drug-likeness (QED) is 0.682. The molecule has 0 radical (unpaired) electrons. The summed E-state index contributed by atoms with van der Waals surface area (Å²) in [5.41, 5.74) is 4.93. The van der Waals surface area contributed by atoms with Crippen molar-refractivity contribution in [1.82, 2.24) is 15.1 Å². The van der Waals surface area contributed by atoms with Gasteiger partial charge in [-0.2, -0.15) is 0 Å². The molecule has 1 heterocycles. The molecule has 0 aliphatic carbocycles. The number of carbonyl (C=O) groups is 1. The number of hydrogen-bond donors (Lipinski definition) is 2. The molecule has 0 aromatic rings. The third kappa shape index (κ3) is 8.91. The Balaban J connectivity index is 0.000000318. The van der Waals surface area contributed by atoms with Gasteiger partial charge in [0.1, 0.15) is 0 Å². The molecule has 0 aromatic heterocycles. The number of primary amides is 1. The van der Waals surface area contributed by atoms with Crippen molar-refractivity contribution in [3.05, 3.63) is 0 Å². The number of hydrogen-bond acceptors (Lipinski definition) is 4. The fourth-order valence-corrected chi connectivity index (χ4v) is 1.42. The molecular weight excluding hydrogens is 220 g/mol. The second kappa shape index (κ2) is 9.21. The number of ether oxygens (including phenoxy) is 1. The summed E-state index contributed by atoms with van der Waals surface area (Å²) < 4.78 is 5.10. The summed E-state index contributed by atoms with van der Waals surface area (Å²) in [4.78, 5) is 14.5. The predicted molar refractivity (Wildman–Crippen MR) is 68.8 cm³/mol. The van der Waals surface area contributed by atoms with Crippen LogP contribution in [0.4, 0.5) is 4.79 Å². The average Bonchev–Trinajstić information content (AvgIpc) is 2.27. The number of rotatable bonds is 3. The van der Waals surface area contributed by atoms with Crippen molar-refractivity contribution in [2.75, 3.05) is 47.4 Å². The predicted octanol–water partition coefficient (Wildman–Crippen LogP) is -0.0992. The monoisotopic (exact) mass is 246 g/mol. The lowest BCUT2D eigenvalue weighted by molar-refractivity contribution is 0.0503. The van der Waals surface area contributed by atoms with Gasteiger partial charge in [0.15, 0.2) is 0 Å². The molecule has 1 saturated heterocycles. The minimum absolute atomic E-state index is 0.0532. The van der Waals surface area contributed by atoms with Crippen molar-refractivity contribution in [3.8, 4) is 0 Å². The van der Waals surface area contributed by atoms with E-state index in [0.29, 0.717) is 0 Å². The highest BCUT2D eigenvalue weighted by atomic mass is 16.5. The number of nitrogens with two attached hydrogens (primary N) is 1. The second-order valence-corrected chi connectivity index (χ2v) is 4.31. The van der Waals surface area contributed by atoms with Crippen LogP contribution in [0.25, 0.3) is 0 Å². The molecular formula is C11H26N4O2. The van der Waals surface area contributed by atoms with Gasteiger partial charge < -0.3 is 20.7 Å². The molecule has 102 valence electrons. The van der Waals surface area contributed by atoms with Gasteiger partial charge in [-0.25, -0.2) is 4.79 Å². The molecule has 1 fully saturated rings. The number of likely N-dealkylation sites (N-methyl/N-ethyl adjacent to an activating group) is 1. The van der Waals surface area contributed by atoms with Gasteiger partial charge in [-0.05, 0) is 27.6 Å². The van der Waals surface area contributed by atoms with Crippen LogP contribution in [-0.2, 0) is 4.74 Å². The van der Waals surface area contributed by atoms with Crippen molar-refractivity contribution >= 4 is 6.03 Å². The third-order valence-corrected chi connectivity index (χ3v) is 2.55. The number of urea groups is 1. The normalized spacial score (nSPS) is 18.2. The summed E-state index contributed by atoms with van der Waals surface area (Å²) in [6.45, 7) is 6.01. The minimum atomic E-state index is -0.472. The van der Waals surface area contributed by atoms with Gasteiger partial charge in [-0.3, -0.25) is 4.90 Å². The maximum atomic E-state index is 10.4. The van der Waals surface area contributed by atoms with Crippen LogP contribution in [0.1, 0.15) is 13.3 Å². The average molecular weight is 246 g/mol. The molecule has 17 heavy (non-hydrogen) atoms. The van der Waals surface area contributed by atoms with E-state index < -0.39 is 6.03 Å². The zero-order valence-corrected chi connectivity index (χ0v) is 11.4. The second-order valence-electron chi connectivity index (χ2n) is 4.31. The van der Waals surface area contributed by atoms with Crippen LogP contribution in [-0.4, -0.2) is 69.4 Å². The molecule has 3 N–H and O–H groups in total. The number of morpholine rings is 1. The summed E-state index contributed by atoms with van der Waals surface area (Å²) >= 11 is 0. The molecule has 6 heteroatoms. The first-order chi connectivity index (χ1) is 7.97. The first-order valence-electron chi connectivity index (χ1n) is 5.96. The minimum Gasteiger partial charge on any atom is -0.379 e. The Kier molecular flexibility index (Phi) is 8.75. The molecule has 0 saturated carbocycles. The zero-order chi connectivity index (χ0) is 13.3. The van der Waals surface area contributed by atoms with Gasteiger partial charge in [-0.15, -0.1) is 0 Å². The summed E-state index contributed by atoms with van der Waals surface area (Å²) in [6.07, 6.45) is 0.910. The van der Waals surface area contributed by atoms with Crippen molar-refractivity contribution in [2.45, 2.75) is 19.5 Å². The first kappa shape index (κ1) is 16.1. The molecule has 0 spiro atoms. The highest BCUT2D eigenvalue weighted by Gasteiger charge is 2.08. The Hall–Kier alpha value is -0.850. The maximum Gasteiger partial charge on any atom is 0.313 e. The number of amides is 2. The Morgan fingerprint density at radius 2 is 2.00 bits per heavy atom. The van der Waals surface area contributed by atoms with Gasteiger partial charge in [0, 0.05) is 13.1 Å². The summed E-state index contributed by atoms with van der Waals surface area (Å²) in [5.74, 6) is 0. The molecule has 2 amide bonds. The number of nitrogens with one attached hydrogen (secondary N) is 1. The molecule has 6 nitrogen and oxygen atoms in total. The Bertz CT molecular complexity index is 206. The molecule has 1 rings (SSSR count). The number of carbonyl (C=O) groups excluding carboxylic acids is 1. The zero-order valence-electron chi connectivity index (χ0n) is 11.4. The fraction of sp³-hybridized carbons (Fsp3) is 0.909. The lowest BCUT2D eigenvalue weighted by Crippen LogP contribution is -2.46. The topological polar surface area (TPSA) is 70.8 Å². The van der Waals surface area contributed by atoms with Crippen molar-refractivity contribution in [1.29, 1.82) is 0 Å². The van der Waals surface area contributed by atoms with Crippen LogP contribution < -0.4 is 11.1 Å². The van der Waals surface area contributed by atoms with Gasteiger partial charge in [0.05, 0.1) is 19.4 Å². The lowest BCUT2D eigenvalue weighted by atomic mass is 10.3. The van der Waals surface area contributed by atoms with E-state index >= 15 is 0 Å². The molecule has 1 aliphatic heterocycles. The van der Waals surface area contributed by atoms with E-state index in [-0.39, 0.29) is 6.17 Å². The van der Waals surface area contributed by atoms with Crippen LogP contribution in [0.3, 0.4) is 0 Å². The van der Waals surface area contributed by atoms with Gasteiger partial charge in [0.2, 0.25) is 0 Å². The highest BCUT2D eigenvalue weighted by molar-refractivity contribution is 5.71. The largest absolute Gasteiger partial charge is 0.379 e. The van der Waals surface area contributed by atoms with E-state index in [9.17, 15) is 4.79 Å². The summed E-state index contributed by atoms with van der Waals surface area (Å²) in [6, 6.07) is -0.472. The highest BCUT2D eigenvalue weighted by Crippen LogP contribution is 1.92. The van der Waals surface area contributed by atoms with Crippen LogP contribution in [0.2, 0.25) is 0 Å². The van der Waals surface area contributed by atoms with E-state index in [2.05, 4.69) is 17.3 Å². The Morgan fingerprint density at radius 1 is 1.47 bits per heavy atom. The fourth-order valence-electron chi connectivity index (χ4n) is 1.42. The SMILES string of the molecule is CCC(NC(N)=O)N(C)C.CN1CCOCC1. The molecule has 1 aliphatic rings. The van der Waals surface area contributed by atoms with Crippen molar-refractivity contribution < 1.29 is 9.53 Å². The van der Waals surface area contributed by atoms with Gasteiger partial charge >= 0.3 is 6.03 Å². The smallest absolute Gasteiger partial charge is 0.313 e. The van der Waals surface area contributed by atoms with E-state index in [4.69, 9.17) is 10.5 Å². The molecule has 1 unspecified atom stereocenters. The molecule has 0 aromatic carbocycles. The molecule has 1 atom stereocenters. The Morgan fingerprint density at radius 3 is 2.18 bits per heavy atom. The van der Waals surface area contributed by atoms with Crippen LogP contribution in [0.15, 0.2) is 0 Å². The molecule has 0 bridgehead atoms. The van der Waals surface area contributed by atoms with E-state index in [1.54, 1.807) is 0 Å². The van der Waals surface area contributed by atoms with E-state index in [0.717, 1.165) is 32.7 Å². The standard InChI is InChI=1S/C6H15N3O.C5H11NO/c1-4-5(9(2)3)8-6(7)10;1-6-2-4-7-5-3-6/h5H,4H2,1-3H3,(H3,7,8,10);2-5H2,1H3. The van der Waals surface area contributed by atoms with E-state index in [1.165, 1.54) is 0 Å². The van der Waals surface area contributed by atoms with Crippen LogP contribution >= 0.6 is 0 Å². The van der Waals surface area contributed by atoms with Crippen LogP contribution in [0, 0.1) is 0 Å². The van der Waals surface area contributed by atoms with Gasteiger partial charge in [0.25, 0.3) is 0 Å². The third-order valence-electron chi connectivity index (χ3n) is 2.55. The van der Waals surface area contributed by atoms with Crippen molar-refractivity contribution in [3.63, 3.8) is 0 Å². The lowest BCUT2D eigenvalue weighted by Gasteiger charge is -2.22. The van der Waals surface area contributed by atoms with Crippen molar-refractivity contribution in [2.24, 2.45) is 5.73 Å². The summed E-state index contributed by atoms with van der Waals surface area (Å²) in [7, 11) is 5.90. The first-order valence-corrected chi connectivity index (χ1v) is 5.96.